The van der Waals surface area contributed by atoms with E-state index in [1.165, 1.54) is 24.6 Å². The van der Waals surface area contributed by atoms with Crippen LogP contribution in [-0.4, -0.2) is 8.80 Å². The lowest BCUT2D eigenvalue weighted by atomic mass is 9.88. The number of hydrogen-bond donors (Lipinski definition) is 0. The van der Waals surface area contributed by atoms with Crippen molar-refractivity contribution in [2.24, 2.45) is 0 Å². The van der Waals surface area contributed by atoms with Gasteiger partial charge in [0.05, 0.1) is 11.6 Å². The van der Waals surface area contributed by atoms with Crippen LogP contribution in [0.25, 0.3) is 22.3 Å². The van der Waals surface area contributed by atoms with Gasteiger partial charge in [-0.1, -0.05) is 86.1 Å². The van der Waals surface area contributed by atoms with Crippen molar-refractivity contribution in [1.82, 2.24) is 0 Å². The zero-order valence-electron chi connectivity index (χ0n) is 17.5. The summed E-state index contributed by atoms with van der Waals surface area (Å²) in [5.74, 6) is 0.266. The van der Waals surface area contributed by atoms with Gasteiger partial charge in [-0.15, -0.1) is 0 Å². The molecule has 30 heavy (non-hydrogen) atoms. The molecule has 3 aromatic carbocycles. The van der Waals surface area contributed by atoms with Gasteiger partial charge in [-0.2, -0.15) is 5.26 Å². The molecule has 0 bridgehead atoms. The van der Waals surface area contributed by atoms with Crippen molar-refractivity contribution < 1.29 is 4.39 Å². The smallest absolute Gasteiger partial charge is 0.134 e. The van der Waals surface area contributed by atoms with E-state index in [0.29, 0.717) is 17.0 Å². The number of hydrogen-bond acceptors (Lipinski definition) is 1. The number of rotatable bonds is 5. The zero-order valence-corrected chi connectivity index (χ0v) is 18.5. The molecule has 0 unspecified atom stereocenters. The van der Waals surface area contributed by atoms with E-state index in [2.05, 4.69) is 13.0 Å². The fourth-order valence-electron chi connectivity index (χ4n) is 4.74. The number of nitriles is 1. The van der Waals surface area contributed by atoms with Crippen LogP contribution in [0.4, 0.5) is 4.39 Å². The van der Waals surface area contributed by atoms with Gasteiger partial charge in [-0.05, 0) is 53.1 Å². The Morgan fingerprint density at radius 2 is 1.63 bits per heavy atom. The van der Waals surface area contributed by atoms with Crippen LogP contribution in [0.5, 0.6) is 0 Å². The molecule has 1 radical (unpaired) electrons. The molecule has 3 aromatic rings. The predicted octanol–water partition coefficient (Wildman–Crippen LogP) is 7.81. The van der Waals surface area contributed by atoms with Gasteiger partial charge in [0, 0.05) is 14.4 Å². The van der Waals surface area contributed by atoms with Gasteiger partial charge in [0.1, 0.15) is 5.82 Å². The molecule has 0 spiro atoms. The summed E-state index contributed by atoms with van der Waals surface area (Å²) in [4.78, 5) is 0. The lowest BCUT2D eigenvalue weighted by molar-refractivity contribution is 0.546. The molecule has 0 N–H and O–H groups in total. The maximum absolute atomic E-state index is 15.8. The fourth-order valence-corrected chi connectivity index (χ4v) is 7.71. The fraction of sp³-hybridized carbons (Fsp3) is 0.296. The standard InChI is InChI=1S/C27H27FNSi/c1-2-15-30-16-13-21(14-17-30)24-11-6-12-26(27(24)28)25-10-4-3-9-23(25)22-8-5-7-20(18-22)19-29/h3-12,18,21H,2,13-17H2,1H3. The van der Waals surface area contributed by atoms with Gasteiger partial charge in [0.25, 0.3) is 0 Å². The molecule has 0 amide bonds. The summed E-state index contributed by atoms with van der Waals surface area (Å²) in [6.45, 7) is 2.27. The molecule has 1 heterocycles. The summed E-state index contributed by atoms with van der Waals surface area (Å²) in [5.41, 5.74) is 4.95. The van der Waals surface area contributed by atoms with E-state index < -0.39 is 0 Å². The van der Waals surface area contributed by atoms with E-state index >= 15 is 4.39 Å². The van der Waals surface area contributed by atoms with Crippen LogP contribution in [0.3, 0.4) is 0 Å². The van der Waals surface area contributed by atoms with Crippen molar-refractivity contribution in [3.05, 3.63) is 83.7 Å². The third-order valence-corrected chi connectivity index (χ3v) is 9.48. The van der Waals surface area contributed by atoms with E-state index in [-0.39, 0.29) is 14.6 Å². The van der Waals surface area contributed by atoms with E-state index in [1.54, 1.807) is 6.07 Å². The first-order chi connectivity index (χ1) is 14.7. The highest BCUT2D eigenvalue weighted by Crippen LogP contribution is 2.40. The van der Waals surface area contributed by atoms with Crippen molar-refractivity contribution in [2.75, 3.05) is 0 Å². The highest BCUT2D eigenvalue weighted by Gasteiger charge is 2.26. The second-order valence-corrected chi connectivity index (χ2v) is 11.2. The van der Waals surface area contributed by atoms with Gasteiger partial charge in [0.15, 0.2) is 0 Å². The monoisotopic (exact) mass is 412 g/mol. The minimum absolute atomic E-state index is 0.0717. The molecular weight excluding hydrogens is 385 g/mol. The summed E-state index contributed by atoms with van der Waals surface area (Å²) in [6, 6.07) is 27.6. The highest BCUT2D eigenvalue weighted by atomic mass is 28.3. The second kappa shape index (κ2) is 9.41. The van der Waals surface area contributed by atoms with Crippen LogP contribution in [0.1, 0.15) is 43.2 Å². The summed E-state index contributed by atoms with van der Waals surface area (Å²) in [5, 5.41) is 9.26. The third-order valence-electron chi connectivity index (χ3n) is 6.28. The second-order valence-electron chi connectivity index (χ2n) is 8.22. The summed E-state index contributed by atoms with van der Waals surface area (Å²) < 4.78 is 15.8. The zero-order chi connectivity index (χ0) is 20.9. The van der Waals surface area contributed by atoms with Crippen LogP contribution < -0.4 is 0 Å². The van der Waals surface area contributed by atoms with Crippen LogP contribution in [0.2, 0.25) is 18.1 Å². The average Bonchev–Trinajstić information content (AvgIpc) is 2.80. The Morgan fingerprint density at radius 1 is 0.933 bits per heavy atom. The van der Waals surface area contributed by atoms with Crippen molar-refractivity contribution in [1.29, 1.82) is 5.26 Å². The molecule has 1 saturated heterocycles. The quantitative estimate of drug-likeness (QED) is 0.392. The first kappa shape index (κ1) is 20.6. The van der Waals surface area contributed by atoms with Crippen LogP contribution in [0.15, 0.2) is 66.7 Å². The molecule has 0 aliphatic carbocycles. The Morgan fingerprint density at radius 3 is 2.37 bits per heavy atom. The van der Waals surface area contributed by atoms with Gasteiger partial charge in [-0.3, -0.25) is 0 Å². The van der Waals surface area contributed by atoms with Gasteiger partial charge >= 0.3 is 0 Å². The first-order valence-electron chi connectivity index (χ1n) is 10.9. The Hall–Kier alpha value is -2.70. The largest absolute Gasteiger partial charge is 0.206 e. The molecule has 0 saturated carbocycles. The third kappa shape index (κ3) is 4.25. The maximum Gasteiger partial charge on any atom is 0.134 e. The van der Waals surface area contributed by atoms with Crippen molar-refractivity contribution >= 4 is 8.80 Å². The molecule has 1 fully saturated rings. The summed E-state index contributed by atoms with van der Waals surface area (Å²) in [7, 11) is -0.210. The SMILES string of the molecule is CCC[Si]1CCC(c2cccc(-c3ccccc3-c3cccc(C#N)c3)c2F)CC1. The van der Waals surface area contributed by atoms with Gasteiger partial charge < -0.3 is 0 Å². The lowest BCUT2D eigenvalue weighted by Gasteiger charge is -2.28. The van der Waals surface area contributed by atoms with E-state index in [0.717, 1.165) is 35.1 Å². The lowest BCUT2D eigenvalue weighted by Crippen LogP contribution is -2.20. The molecule has 1 aliphatic heterocycles. The van der Waals surface area contributed by atoms with Crippen LogP contribution in [-0.2, 0) is 0 Å². The number of nitrogens with zero attached hydrogens (tertiary/aromatic N) is 1. The molecule has 151 valence electrons. The topological polar surface area (TPSA) is 23.8 Å². The Kier molecular flexibility index (Phi) is 6.45. The Bertz CT molecular complexity index is 1060. The van der Waals surface area contributed by atoms with Crippen LogP contribution >= 0.6 is 0 Å². The molecule has 1 aliphatic rings. The minimum Gasteiger partial charge on any atom is -0.206 e. The van der Waals surface area contributed by atoms with E-state index in [9.17, 15) is 5.26 Å². The maximum atomic E-state index is 15.8. The number of benzene rings is 3. The highest BCUT2D eigenvalue weighted by molar-refractivity contribution is 6.59. The number of halogens is 1. The molecule has 3 heteroatoms. The van der Waals surface area contributed by atoms with Crippen molar-refractivity contribution in [2.45, 2.75) is 50.2 Å². The van der Waals surface area contributed by atoms with Gasteiger partial charge in [-0.25, -0.2) is 4.39 Å². The van der Waals surface area contributed by atoms with Crippen molar-refractivity contribution in [3.8, 4) is 28.3 Å². The van der Waals surface area contributed by atoms with E-state index in [4.69, 9.17) is 0 Å². The molecule has 4 rings (SSSR count). The molecule has 0 atom stereocenters. The molecular formula is C27H27FNSi. The predicted molar refractivity (Wildman–Crippen MR) is 124 cm³/mol. The van der Waals surface area contributed by atoms with Gasteiger partial charge in [0.2, 0.25) is 0 Å². The first-order valence-corrected chi connectivity index (χ1v) is 13.0. The van der Waals surface area contributed by atoms with Crippen molar-refractivity contribution in [3.63, 3.8) is 0 Å². The Balaban J connectivity index is 1.70. The van der Waals surface area contributed by atoms with E-state index in [1.807, 2.05) is 60.7 Å². The summed E-state index contributed by atoms with van der Waals surface area (Å²) in [6.07, 6.45) is 3.54. The average molecular weight is 413 g/mol. The summed E-state index contributed by atoms with van der Waals surface area (Å²) >= 11 is 0. The molecule has 0 aromatic heterocycles. The normalized spacial score (nSPS) is 15.1. The van der Waals surface area contributed by atoms with Crippen LogP contribution in [0, 0.1) is 17.1 Å². The minimum atomic E-state index is -0.210. The molecule has 1 nitrogen and oxygen atoms in total. The Labute approximate surface area is 180 Å².